The Kier molecular flexibility index (Phi) is 5.56. The lowest BCUT2D eigenvalue weighted by Gasteiger charge is -2.44. The molecular weight excluding hydrogens is 438 g/mol. The Balaban J connectivity index is 1.56. The molecule has 9 nitrogen and oxygen atoms in total. The zero-order chi connectivity index (χ0) is 23.7. The Morgan fingerprint density at radius 3 is 2.12 bits per heavy atom. The molecule has 2 saturated heterocycles. The number of cyclic esters (lactones) is 1. The highest BCUT2D eigenvalue weighted by atomic mass is 16.6. The number of carbonyl (C=O) groups excluding carboxylic acids is 2. The zero-order valence-corrected chi connectivity index (χ0v) is 18.0. The van der Waals surface area contributed by atoms with E-state index in [2.05, 4.69) is 5.32 Å². The van der Waals surface area contributed by atoms with Crippen LogP contribution >= 0.6 is 0 Å². The smallest absolute Gasteiger partial charge is 0.330 e. The molecule has 0 spiro atoms. The highest BCUT2D eigenvalue weighted by molar-refractivity contribution is 5.85. The summed E-state index contributed by atoms with van der Waals surface area (Å²) in [6.07, 6.45) is 0. The molecule has 3 aromatic carbocycles. The quantitative estimate of drug-likeness (QED) is 0.268. The van der Waals surface area contributed by atoms with Gasteiger partial charge in [-0.3, -0.25) is 14.9 Å². The molecule has 0 saturated carbocycles. The summed E-state index contributed by atoms with van der Waals surface area (Å²) in [4.78, 5) is 38.6. The van der Waals surface area contributed by atoms with E-state index in [0.717, 1.165) is 0 Å². The van der Waals surface area contributed by atoms with Crippen LogP contribution in [0.4, 0.5) is 5.69 Å². The maximum atomic E-state index is 13.4. The summed E-state index contributed by atoms with van der Waals surface area (Å²) in [5, 5.41) is 14.1. The molecule has 9 heteroatoms. The number of esters is 2. The number of nitro benzene ring substituents is 1. The first-order valence-electron chi connectivity index (χ1n) is 10.8. The predicted octanol–water partition coefficient (Wildman–Crippen LogP) is 2.60. The zero-order valence-electron chi connectivity index (χ0n) is 18.0. The number of nitro groups is 1. The third-order valence-electron chi connectivity index (χ3n) is 6.10. The fourth-order valence-corrected chi connectivity index (χ4v) is 4.60. The number of carbonyl (C=O) groups is 2. The van der Waals surface area contributed by atoms with E-state index in [-0.39, 0.29) is 18.0 Å². The Labute approximate surface area is 195 Å². The van der Waals surface area contributed by atoms with Crippen molar-refractivity contribution in [3.8, 4) is 5.75 Å². The first-order valence-corrected chi connectivity index (χ1v) is 10.8. The van der Waals surface area contributed by atoms with Crippen LogP contribution in [0.3, 0.4) is 0 Å². The SMILES string of the molecule is O=C(Oc1ccc([N+](=O)[O-])cc1)C1CNCC2C(=O)OC(c3ccccc3)(c3ccccc3)N12. The number of non-ortho nitro benzene ring substituents is 1. The number of nitrogens with one attached hydrogen (secondary N) is 1. The van der Waals surface area contributed by atoms with Crippen LogP contribution in [0.5, 0.6) is 5.75 Å². The summed E-state index contributed by atoms with van der Waals surface area (Å²) in [5.74, 6) is -0.859. The third kappa shape index (κ3) is 3.60. The molecule has 2 heterocycles. The maximum Gasteiger partial charge on any atom is 0.330 e. The molecule has 0 bridgehead atoms. The van der Waals surface area contributed by atoms with Gasteiger partial charge in [-0.15, -0.1) is 0 Å². The van der Waals surface area contributed by atoms with E-state index < -0.39 is 34.7 Å². The molecule has 3 aromatic rings. The fraction of sp³-hybridized carbons (Fsp3) is 0.200. The lowest BCUT2D eigenvalue weighted by Crippen LogP contribution is -2.64. The van der Waals surface area contributed by atoms with Crippen LogP contribution in [0.15, 0.2) is 84.9 Å². The van der Waals surface area contributed by atoms with E-state index in [9.17, 15) is 19.7 Å². The average molecular weight is 459 g/mol. The van der Waals surface area contributed by atoms with Crippen LogP contribution in [0.25, 0.3) is 0 Å². The van der Waals surface area contributed by atoms with Gasteiger partial charge in [-0.25, -0.2) is 9.69 Å². The molecule has 0 radical (unpaired) electrons. The Morgan fingerprint density at radius 2 is 1.56 bits per heavy atom. The Bertz CT molecular complexity index is 1180. The second-order valence-electron chi connectivity index (χ2n) is 8.07. The van der Waals surface area contributed by atoms with Gasteiger partial charge in [-0.05, 0) is 12.1 Å². The van der Waals surface area contributed by atoms with Crippen molar-refractivity contribution >= 4 is 17.6 Å². The number of nitrogens with zero attached hydrogens (tertiary/aromatic N) is 2. The molecule has 2 aliphatic rings. The molecule has 2 fully saturated rings. The summed E-state index contributed by atoms with van der Waals surface area (Å²) < 4.78 is 11.7. The number of fused-ring (bicyclic) bond motifs is 1. The summed E-state index contributed by atoms with van der Waals surface area (Å²) >= 11 is 0. The molecule has 5 rings (SSSR count). The van der Waals surface area contributed by atoms with Crippen LogP contribution in [-0.4, -0.2) is 46.9 Å². The summed E-state index contributed by atoms with van der Waals surface area (Å²) in [6, 6.07) is 22.3. The first-order chi connectivity index (χ1) is 16.5. The topological polar surface area (TPSA) is 111 Å². The van der Waals surface area contributed by atoms with Gasteiger partial charge in [0.1, 0.15) is 17.8 Å². The molecule has 0 aromatic heterocycles. The van der Waals surface area contributed by atoms with Gasteiger partial charge < -0.3 is 14.8 Å². The van der Waals surface area contributed by atoms with E-state index in [0.29, 0.717) is 17.7 Å². The molecule has 2 aliphatic heterocycles. The lowest BCUT2D eigenvalue weighted by atomic mass is 9.90. The van der Waals surface area contributed by atoms with Crippen molar-refractivity contribution in [3.63, 3.8) is 0 Å². The standard InChI is InChI=1S/C25H21N3O6/c29-23(33-20-13-11-19(12-14-20)28(31)32)21-15-26-16-22-24(30)34-25(27(21)22,17-7-3-1-4-8-17)18-9-5-2-6-10-18/h1-14,21-22,26H,15-16H2. The molecule has 34 heavy (non-hydrogen) atoms. The minimum atomic E-state index is -1.31. The van der Waals surface area contributed by atoms with Gasteiger partial charge in [0.15, 0.2) is 0 Å². The number of piperazine rings is 1. The Morgan fingerprint density at radius 1 is 0.971 bits per heavy atom. The fourth-order valence-electron chi connectivity index (χ4n) is 4.60. The Hall–Kier alpha value is -4.08. The minimum absolute atomic E-state index is 0.107. The predicted molar refractivity (Wildman–Crippen MR) is 121 cm³/mol. The summed E-state index contributed by atoms with van der Waals surface area (Å²) in [5.41, 5.74) is 0.00926. The van der Waals surface area contributed by atoms with Crippen molar-refractivity contribution in [3.05, 3.63) is 106 Å². The van der Waals surface area contributed by atoms with Gasteiger partial charge >= 0.3 is 11.9 Å². The average Bonchev–Trinajstić information content (AvgIpc) is 3.19. The van der Waals surface area contributed by atoms with Gasteiger partial charge in [0.05, 0.1) is 4.92 Å². The van der Waals surface area contributed by atoms with Gasteiger partial charge in [0, 0.05) is 36.3 Å². The molecule has 172 valence electrons. The highest BCUT2D eigenvalue weighted by Gasteiger charge is 2.61. The molecule has 0 amide bonds. The number of ether oxygens (including phenoxy) is 2. The second-order valence-corrected chi connectivity index (χ2v) is 8.07. The number of rotatable bonds is 5. The monoisotopic (exact) mass is 459 g/mol. The normalized spacial score (nSPS) is 21.4. The van der Waals surface area contributed by atoms with Crippen molar-refractivity contribution in [2.75, 3.05) is 13.1 Å². The van der Waals surface area contributed by atoms with Gasteiger partial charge in [0.25, 0.3) is 5.69 Å². The van der Waals surface area contributed by atoms with Crippen LogP contribution < -0.4 is 10.1 Å². The lowest BCUT2D eigenvalue weighted by molar-refractivity contribution is -0.384. The largest absolute Gasteiger partial charge is 0.434 e. The van der Waals surface area contributed by atoms with Gasteiger partial charge in [-0.2, -0.15) is 0 Å². The van der Waals surface area contributed by atoms with Crippen LogP contribution in [0.2, 0.25) is 0 Å². The molecular formula is C25H21N3O6. The van der Waals surface area contributed by atoms with E-state index >= 15 is 0 Å². The maximum absolute atomic E-state index is 13.4. The van der Waals surface area contributed by atoms with Crippen LogP contribution in [-0.2, 0) is 20.1 Å². The van der Waals surface area contributed by atoms with E-state index in [1.807, 2.05) is 60.7 Å². The molecule has 0 aliphatic carbocycles. The summed E-state index contributed by atoms with van der Waals surface area (Å²) in [7, 11) is 0. The van der Waals surface area contributed by atoms with Crippen molar-refractivity contribution < 1.29 is 24.0 Å². The van der Waals surface area contributed by atoms with E-state index in [4.69, 9.17) is 9.47 Å². The van der Waals surface area contributed by atoms with Crippen molar-refractivity contribution in [1.29, 1.82) is 0 Å². The van der Waals surface area contributed by atoms with Crippen LogP contribution in [0.1, 0.15) is 11.1 Å². The second kappa shape index (κ2) is 8.69. The van der Waals surface area contributed by atoms with Gasteiger partial charge in [0.2, 0.25) is 5.72 Å². The number of benzene rings is 3. The third-order valence-corrected chi connectivity index (χ3v) is 6.10. The molecule has 2 unspecified atom stereocenters. The van der Waals surface area contributed by atoms with Crippen molar-refractivity contribution in [2.24, 2.45) is 0 Å². The molecule has 2 atom stereocenters. The van der Waals surface area contributed by atoms with E-state index in [1.165, 1.54) is 24.3 Å². The first kappa shape index (κ1) is 21.7. The van der Waals surface area contributed by atoms with Crippen molar-refractivity contribution in [2.45, 2.75) is 17.8 Å². The van der Waals surface area contributed by atoms with Crippen LogP contribution in [0, 0.1) is 10.1 Å². The number of hydrogen-bond donors (Lipinski definition) is 1. The number of hydrogen-bond acceptors (Lipinski definition) is 8. The minimum Gasteiger partial charge on any atom is -0.434 e. The molecule has 1 N–H and O–H groups in total. The van der Waals surface area contributed by atoms with E-state index in [1.54, 1.807) is 4.90 Å². The highest BCUT2D eigenvalue weighted by Crippen LogP contribution is 2.45. The summed E-state index contributed by atoms with van der Waals surface area (Å²) in [6.45, 7) is 0.557. The van der Waals surface area contributed by atoms with Gasteiger partial charge in [-0.1, -0.05) is 60.7 Å². The van der Waals surface area contributed by atoms with Crippen molar-refractivity contribution in [1.82, 2.24) is 10.2 Å².